The summed E-state index contributed by atoms with van der Waals surface area (Å²) in [6.45, 7) is 7.30. The molecule has 2 saturated heterocycles. The molecule has 0 spiro atoms. The third-order valence-corrected chi connectivity index (χ3v) is 13.9. The molecule has 266 valence electrons. The highest BCUT2D eigenvalue weighted by Crippen LogP contribution is 2.42. The van der Waals surface area contributed by atoms with Gasteiger partial charge in [0, 0.05) is 89.9 Å². The number of likely N-dealkylation sites (N-methyl/N-ethyl adjacent to an activating group) is 1. The number of unbranched alkanes of at least 4 members (excludes halogenated alkanes) is 1. The van der Waals surface area contributed by atoms with Gasteiger partial charge in [-0.3, -0.25) is 0 Å². The molecule has 6 unspecified atom stereocenters. The minimum absolute atomic E-state index is 0.138. The van der Waals surface area contributed by atoms with Crippen LogP contribution < -0.4 is 32.7 Å². The van der Waals surface area contributed by atoms with Gasteiger partial charge in [-0.05, 0) is 102 Å². The number of halogens is 2. The number of para-hydroxylation sites is 1. The minimum atomic E-state index is 0.138. The Morgan fingerprint density at radius 2 is 1.66 bits per heavy atom. The molecule has 9 N–H and O–H groups in total. The summed E-state index contributed by atoms with van der Waals surface area (Å²) in [7, 11) is 2.31. The van der Waals surface area contributed by atoms with Crippen molar-refractivity contribution in [2.24, 2.45) is 23.3 Å². The van der Waals surface area contributed by atoms with Crippen molar-refractivity contribution in [3.8, 4) is 0 Å². The van der Waals surface area contributed by atoms with Crippen LogP contribution in [-0.4, -0.2) is 109 Å². The number of nitrogens with two attached hydrogens (primary N) is 2. The zero-order valence-electron chi connectivity index (χ0n) is 28.6. The minimum Gasteiger partial charge on any atom is -0.361 e. The van der Waals surface area contributed by atoms with Gasteiger partial charge in [0.2, 0.25) is 0 Å². The highest BCUT2D eigenvalue weighted by atomic mass is 35.5. The molecule has 3 fully saturated rings. The monoisotopic (exact) mass is 708 g/mol. The van der Waals surface area contributed by atoms with E-state index in [0.29, 0.717) is 40.6 Å². The third kappa shape index (κ3) is 10.9. The Morgan fingerprint density at radius 3 is 2.51 bits per heavy atom. The summed E-state index contributed by atoms with van der Waals surface area (Å²) in [5, 5.41) is 18.2. The van der Waals surface area contributed by atoms with Gasteiger partial charge < -0.3 is 42.6 Å². The number of hydrogen-bond donors (Lipinski definition) is 7. The quantitative estimate of drug-likeness (QED) is 0.151. The molecule has 47 heavy (non-hydrogen) atoms. The molecular formula is C36H62Cl2N8S. The summed E-state index contributed by atoms with van der Waals surface area (Å²) in [4.78, 5) is 6.10. The van der Waals surface area contributed by atoms with Gasteiger partial charge in [-0.2, -0.15) is 0 Å². The maximum absolute atomic E-state index is 7.17. The van der Waals surface area contributed by atoms with Crippen LogP contribution in [0.4, 0.5) is 0 Å². The highest BCUT2D eigenvalue weighted by molar-refractivity contribution is 8.00. The van der Waals surface area contributed by atoms with Crippen LogP contribution in [0.2, 0.25) is 0 Å². The summed E-state index contributed by atoms with van der Waals surface area (Å²) in [5.41, 5.74) is 14.5. The largest absolute Gasteiger partial charge is 0.361 e. The number of nitrogens with zero attached hydrogens (tertiary/aromatic N) is 1. The predicted octanol–water partition coefficient (Wildman–Crippen LogP) is 4.45. The molecule has 2 aliphatic heterocycles. The van der Waals surface area contributed by atoms with E-state index in [1.807, 2.05) is 0 Å². The van der Waals surface area contributed by atoms with Gasteiger partial charge in [0.15, 0.2) is 0 Å². The topological polar surface area (TPSA) is 119 Å². The predicted molar refractivity (Wildman–Crippen MR) is 204 cm³/mol. The second-order valence-electron chi connectivity index (χ2n) is 14.4. The van der Waals surface area contributed by atoms with Crippen molar-refractivity contribution in [2.75, 3.05) is 59.4 Å². The first kappa shape index (κ1) is 37.7. The van der Waals surface area contributed by atoms with Gasteiger partial charge in [-0.1, -0.05) is 24.6 Å². The Bertz CT molecular complexity index is 1170. The number of hydrogen-bond acceptors (Lipinski definition) is 8. The Hall–Kier alpha value is -0.590. The standard InChI is InChI=1S/C36H62Cl2N8S/c1-46-24-28(9-4-5-15-39)44-21-27(10-6-16-40)43-19-25-8-7-17-42-36(25)47-35-31(32(37)13-14-33(35)38)23-41-22-29(46)18-26-20-45-34-12-3-2-11-30(26)34/h2-3,11-12,20,25,27-29,31-33,35-36,41-45H,4-10,13-19,21-24,39-40H2,1H3/t25?,27-,28-,29-,31?,32?,33?,35?,36?/m0/s1. The molecule has 9 atom stereocenters. The number of rotatable bonds is 9. The van der Waals surface area contributed by atoms with Gasteiger partial charge in [-0.15, -0.1) is 35.0 Å². The maximum atomic E-state index is 7.17. The first-order valence-corrected chi connectivity index (χ1v) is 20.3. The van der Waals surface area contributed by atoms with Crippen LogP contribution in [0.1, 0.15) is 63.4 Å². The van der Waals surface area contributed by atoms with Crippen molar-refractivity contribution in [2.45, 2.75) is 104 Å². The van der Waals surface area contributed by atoms with Crippen LogP contribution in [-0.2, 0) is 6.42 Å². The number of nitrogens with one attached hydrogen (secondary N) is 5. The zero-order valence-corrected chi connectivity index (χ0v) is 30.9. The van der Waals surface area contributed by atoms with E-state index in [4.69, 9.17) is 34.7 Å². The van der Waals surface area contributed by atoms with E-state index >= 15 is 0 Å². The molecule has 1 aromatic heterocycles. The van der Waals surface area contributed by atoms with Crippen LogP contribution in [0.15, 0.2) is 30.5 Å². The van der Waals surface area contributed by atoms with Crippen LogP contribution >= 0.6 is 35.0 Å². The molecule has 11 heteroatoms. The third-order valence-electron chi connectivity index (χ3n) is 10.9. The van der Waals surface area contributed by atoms with Crippen molar-refractivity contribution in [3.05, 3.63) is 36.0 Å². The van der Waals surface area contributed by atoms with Gasteiger partial charge in [-0.25, -0.2) is 0 Å². The fraction of sp³-hybridized carbons (Fsp3) is 0.778. The van der Waals surface area contributed by atoms with Gasteiger partial charge >= 0.3 is 0 Å². The first-order valence-electron chi connectivity index (χ1n) is 18.5. The van der Waals surface area contributed by atoms with Crippen LogP contribution in [0, 0.1) is 11.8 Å². The molecule has 3 aliphatic rings. The zero-order chi connectivity index (χ0) is 33.0. The number of aromatic amines is 1. The lowest BCUT2D eigenvalue weighted by Crippen LogP contribution is -2.51. The van der Waals surface area contributed by atoms with Crippen molar-refractivity contribution in [3.63, 3.8) is 0 Å². The lowest BCUT2D eigenvalue weighted by Gasteiger charge is -2.43. The molecular weight excluding hydrogens is 647 g/mol. The van der Waals surface area contributed by atoms with E-state index in [2.05, 4.69) is 80.4 Å². The van der Waals surface area contributed by atoms with Crippen LogP contribution in [0.5, 0.6) is 0 Å². The first-order chi connectivity index (χ1) is 23.0. The summed E-state index contributed by atoms with van der Waals surface area (Å²) in [6.07, 6.45) is 13.1. The fourth-order valence-electron chi connectivity index (χ4n) is 7.98. The number of thioether (sulfide) groups is 1. The Labute approximate surface area is 298 Å². The van der Waals surface area contributed by atoms with E-state index in [9.17, 15) is 0 Å². The second kappa shape index (κ2) is 19.7. The molecule has 8 nitrogen and oxygen atoms in total. The second-order valence-corrected chi connectivity index (χ2v) is 16.8. The van der Waals surface area contributed by atoms with Gasteiger partial charge in [0.05, 0.1) is 5.37 Å². The van der Waals surface area contributed by atoms with Gasteiger partial charge in [0.25, 0.3) is 0 Å². The lowest BCUT2D eigenvalue weighted by atomic mass is 9.87. The van der Waals surface area contributed by atoms with E-state index < -0.39 is 0 Å². The molecule has 0 amide bonds. The molecule has 3 heterocycles. The van der Waals surface area contributed by atoms with E-state index in [1.54, 1.807) is 0 Å². The van der Waals surface area contributed by atoms with E-state index in [0.717, 1.165) is 104 Å². The number of fused-ring (bicyclic) bond motifs is 3. The van der Waals surface area contributed by atoms with E-state index in [1.165, 1.54) is 29.3 Å². The Kier molecular flexibility index (Phi) is 15.8. The molecule has 2 aromatic rings. The average Bonchev–Trinajstić information content (AvgIpc) is 3.49. The SMILES string of the molecule is CN1C[C@H](CCCCN)NC[C@H](CCCN)NCC2CCCNC2SC2C(Cl)CCC(Cl)C2CNC[C@@H]1Cc1c[nH]c2ccccc12. The molecule has 5 rings (SSSR count). The summed E-state index contributed by atoms with van der Waals surface area (Å²) >= 11 is 16.4. The molecule has 1 aromatic carbocycles. The Balaban J connectivity index is 1.40. The number of aromatic nitrogens is 1. The number of H-pyrrole nitrogens is 1. The molecule has 1 saturated carbocycles. The van der Waals surface area contributed by atoms with E-state index in [-0.39, 0.29) is 10.8 Å². The summed E-state index contributed by atoms with van der Waals surface area (Å²) in [5.74, 6) is 0.887. The van der Waals surface area contributed by atoms with Crippen molar-refractivity contribution >= 4 is 45.9 Å². The van der Waals surface area contributed by atoms with Crippen LogP contribution in [0.25, 0.3) is 10.9 Å². The Morgan fingerprint density at radius 1 is 0.872 bits per heavy atom. The molecule has 1 aliphatic carbocycles. The van der Waals surface area contributed by atoms with Crippen molar-refractivity contribution in [1.82, 2.24) is 31.2 Å². The normalized spacial score (nSPS) is 34.0. The van der Waals surface area contributed by atoms with Crippen LogP contribution in [0.3, 0.4) is 0 Å². The lowest BCUT2D eigenvalue weighted by molar-refractivity contribution is 0.198. The number of alkyl halides is 2. The summed E-state index contributed by atoms with van der Waals surface area (Å²) < 4.78 is 0. The summed E-state index contributed by atoms with van der Waals surface area (Å²) in [6, 6.07) is 9.78. The average molecular weight is 710 g/mol. The smallest absolute Gasteiger partial charge is 0.0576 e. The number of benzene rings is 1. The highest BCUT2D eigenvalue weighted by Gasteiger charge is 2.41. The van der Waals surface area contributed by atoms with Crippen molar-refractivity contribution < 1.29 is 0 Å². The van der Waals surface area contributed by atoms with Crippen molar-refractivity contribution in [1.29, 1.82) is 0 Å². The molecule has 0 radical (unpaired) electrons. The molecule has 0 bridgehead atoms. The number of piperidine rings is 1. The fourth-order valence-corrected chi connectivity index (χ4v) is 10.7. The van der Waals surface area contributed by atoms with Gasteiger partial charge in [0.1, 0.15) is 0 Å². The maximum Gasteiger partial charge on any atom is 0.0576 e.